The number of nitrogens with one attached hydrogen (secondary N) is 1. The van der Waals surface area contributed by atoms with E-state index in [1.165, 1.54) is 56.2 Å². The fourth-order valence-corrected chi connectivity index (χ4v) is 8.73. The van der Waals surface area contributed by atoms with Crippen LogP contribution in [0.5, 0.6) is 0 Å². The van der Waals surface area contributed by atoms with Gasteiger partial charge in [-0.15, -0.1) is 0 Å². The van der Waals surface area contributed by atoms with Gasteiger partial charge in [-0.25, -0.2) is 49.6 Å². The number of aromatic nitrogens is 15. The fourth-order valence-electron chi connectivity index (χ4n) is 8.73. The van der Waals surface area contributed by atoms with E-state index in [-0.39, 0.29) is 48.5 Å². The number of fused-ring (bicyclic) bond motifs is 3. The Labute approximate surface area is 566 Å². The van der Waals surface area contributed by atoms with E-state index in [4.69, 9.17) is 66.2 Å². The van der Waals surface area contributed by atoms with Crippen LogP contribution >= 0.6 is 0 Å². The Kier molecular flexibility index (Phi) is 12.5. The van der Waals surface area contributed by atoms with Gasteiger partial charge in [-0.1, -0.05) is 38.2 Å². The molecule has 0 amide bonds. The Morgan fingerprint density at radius 3 is 1.26 bits per heavy atom. The molecule has 3 atom stereocenters. The van der Waals surface area contributed by atoms with Crippen molar-refractivity contribution in [1.29, 1.82) is 0 Å². The minimum absolute atomic E-state index is 0. The van der Waals surface area contributed by atoms with Crippen LogP contribution in [0.3, 0.4) is 0 Å². The average Bonchev–Trinajstić information content (AvgIpc) is 1.51. The van der Waals surface area contributed by atoms with E-state index in [0.29, 0.717) is 66.9 Å². The van der Waals surface area contributed by atoms with Crippen LogP contribution in [0.15, 0.2) is 93.0 Å². The van der Waals surface area contributed by atoms with E-state index < -0.39 is 155 Å². The van der Waals surface area contributed by atoms with Gasteiger partial charge in [0.05, 0.1) is 46.5 Å². The maximum Gasteiger partial charge on any atom is 1.00 e. The Morgan fingerprint density at radius 2 is 0.920 bits per heavy atom. The van der Waals surface area contributed by atoms with E-state index in [0.717, 1.165) is 14.0 Å². The summed E-state index contributed by atoms with van der Waals surface area (Å²) in [5, 5.41) is 14.2. The van der Waals surface area contributed by atoms with Crippen LogP contribution in [0.25, 0.3) is 81.4 Å². The molecule has 0 radical (unpaired) electrons. The molecule has 448 valence electrons. The van der Waals surface area contributed by atoms with Crippen LogP contribution < -0.4 is 29.6 Å². The predicted molar refractivity (Wildman–Crippen MR) is 323 cm³/mol. The molecular formula is C63H75N18NaO5. The molecule has 3 aliphatic carbocycles. The third kappa shape index (κ3) is 15.0. The SMILES string of the molecule is [2H]C1([2H])C([2H])([2H])C([2H])([2H])C([2H])(C(C[N+]#[C-])n2cc(-c3ncnc4c3ccn4COC(=O)C(C)(C)C)cn2)C1([2H])[2H].[2H]C1([2H])C([2H])([2H])C([2H])([2H])C([2H])([C@@H](C[N+]#[C-])n2cc(-c3ncnc4[nH]ccc34)cn2)C1([2H])[2H].[2H]C1([2H])C([2H])([2H])C([2H])([2H])C([2H])([C@@H](C[N+]#[C-])n2cc(-c3ncnc4c3ccn4COC(=O)C(C)(C)C)cn2)C1([2H])[2H].[Na+].[OH-]. The normalized spacial score (nSPS) is 28.3. The maximum absolute atomic E-state index is 12.2. The number of ether oxygens (including phenoxy) is 2. The van der Waals surface area contributed by atoms with Crippen molar-refractivity contribution >= 4 is 45.0 Å². The first-order valence-electron chi connectivity index (χ1n) is 39.7. The fraction of sp³-hybridized carbons (Fsp3) is 0.492. The second kappa shape index (κ2) is 29.0. The molecule has 2 N–H and O–H groups in total. The van der Waals surface area contributed by atoms with E-state index in [1.54, 1.807) is 87.5 Å². The van der Waals surface area contributed by atoms with Crippen molar-refractivity contribution in [3.8, 4) is 33.8 Å². The molecule has 9 heterocycles. The molecular weight excluding hydrogens is 1110 g/mol. The van der Waals surface area contributed by atoms with Crippen LogP contribution in [-0.4, -0.2) is 110 Å². The summed E-state index contributed by atoms with van der Waals surface area (Å²) in [7, 11) is 0. The summed E-state index contributed by atoms with van der Waals surface area (Å²) in [6.07, 6.45) is -23.3. The van der Waals surface area contributed by atoms with Crippen molar-refractivity contribution in [2.75, 3.05) is 19.6 Å². The molecule has 24 heteroatoms. The molecule has 1 unspecified atom stereocenters. The maximum atomic E-state index is 12.2. The van der Waals surface area contributed by atoms with E-state index in [1.807, 2.05) is 0 Å². The van der Waals surface area contributed by atoms with Gasteiger partial charge in [-0.3, -0.25) is 32.8 Å². The molecule has 12 rings (SSSR count). The smallest absolute Gasteiger partial charge is 0.870 e. The van der Waals surface area contributed by atoms with Crippen molar-refractivity contribution in [2.24, 2.45) is 28.5 Å². The number of carbonyl (C=O) groups excluding carboxylic acids is 2. The summed E-state index contributed by atoms with van der Waals surface area (Å²) in [6.45, 7) is 30.3. The third-order valence-corrected chi connectivity index (χ3v) is 13.1. The topological polar surface area (TPSA) is 252 Å². The number of rotatable bonds is 16. The van der Waals surface area contributed by atoms with Gasteiger partial charge < -0.3 is 34.5 Å². The number of carbonyl (C=O) groups is 2. The number of H-pyrrole nitrogens is 1. The monoisotopic (exact) mass is 1210 g/mol. The molecule has 0 bridgehead atoms. The van der Waals surface area contributed by atoms with Crippen molar-refractivity contribution in [2.45, 2.75) is 150 Å². The van der Waals surface area contributed by atoms with Crippen molar-refractivity contribution < 1.29 is 91.1 Å². The standard InChI is InChI=1S/2C23H28N6O2.C17H18N6.Na.H2O/c2*1-23(2,3)22(30)31-15-28-10-9-18-20(25-14-26-21(18)28)17-11-27-29(13-17)19(12-24-4)16-7-5-6-8-16;1-18-9-15(12-4-2-3-5-12)23-10-13(8-22-23)16-14-6-7-19-17(14)21-11-20-16;;/h2*9-11,13-14,16,19H,5-8,12,15H2,1-3H3;6-8,10-12,15H,2-5,9H2,(H,19,20,21);;1H2/q;;;+1;/p-1/t19-;;15-;;/m1.1../s1/i2*5D2,6D2,7D2,8D2,16D;2D2,3D2,4D2,5D2,12D;;. The predicted octanol–water partition coefficient (Wildman–Crippen LogP) is 9.28. The van der Waals surface area contributed by atoms with Crippen LogP contribution in [-0.2, 0) is 32.5 Å². The number of nitrogens with zero attached hydrogens (tertiary/aromatic N) is 17. The van der Waals surface area contributed by atoms with Gasteiger partial charge in [0.1, 0.15) is 54.0 Å². The van der Waals surface area contributed by atoms with Crippen LogP contribution in [0.1, 0.15) is 173 Å². The number of aromatic amines is 1. The third-order valence-electron chi connectivity index (χ3n) is 13.1. The molecule has 3 saturated carbocycles. The van der Waals surface area contributed by atoms with Crippen LogP contribution in [0, 0.1) is 48.2 Å². The molecule has 3 fully saturated rings. The van der Waals surface area contributed by atoms with Gasteiger partial charge in [0.2, 0.25) is 19.6 Å². The summed E-state index contributed by atoms with van der Waals surface area (Å²) < 4.78 is 242. The van der Waals surface area contributed by atoms with Gasteiger partial charge in [-0.05, 0) is 116 Å². The minimum Gasteiger partial charge on any atom is -0.870 e. The van der Waals surface area contributed by atoms with Gasteiger partial charge in [0.25, 0.3) is 0 Å². The summed E-state index contributed by atoms with van der Waals surface area (Å²) in [4.78, 5) is 62.5. The molecule has 23 nitrogen and oxygen atoms in total. The number of esters is 2. The Morgan fingerprint density at radius 1 is 0.575 bits per heavy atom. The zero-order valence-electron chi connectivity index (χ0n) is 75.1. The zero-order valence-corrected chi connectivity index (χ0v) is 50.1. The Bertz CT molecular complexity index is 4950. The first kappa shape index (κ1) is 37.5. The summed E-state index contributed by atoms with van der Waals surface area (Å²) >= 11 is 0. The van der Waals surface area contributed by atoms with Crippen molar-refractivity contribution in [3.63, 3.8) is 0 Å². The summed E-state index contributed by atoms with van der Waals surface area (Å²) in [5.41, 5.74) is 2.34. The molecule has 9 aromatic heterocycles. The number of hydrogen-bond donors (Lipinski definition) is 1. The summed E-state index contributed by atoms with van der Waals surface area (Å²) in [5.74, 6) is -9.99. The molecule has 3 aliphatic rings. The molecule has 87 heavy (non-hydrogen) atoms. The Hall–Kier alpha value is -8.14. The molecule has 0 spiro atoms. The molecule has 0 aromatic carbocycles. The van der Waals surface area contributed by atoms with E-state index in [9.17, 15) is 9.59 Å². The first-order chi connectivity index (χ1) is 51.3. The molecule has 0 saturated heterocycles. The number of hydrogen-bond acceptors (Lipinski definition) is 14. The minimum atomic E-state index is -3.39. The molecule has 0 aliphatic heterocycles. The average molecular weight is 1210 g/mol. The Balaban J connectivity index is 0.000000214. The second-order valence-electron chi connectivity index (χ2n) is 21.0. The van der Waals surface area contributed by atoms with Crippen molar-refractivity contribution in [1.82, 2.24) is 73.4 Å². The summed E-state index contributed by atoms with van der Waals surface area (Å²) in [6, 6.07) is 0.0851. The largest absolute Gasteiger partial charge is 1.00 e. The first-order valence-corrected chi connectivity index (χ1v) is 26.2. The van der Waals surface area contributed by atoms with Crippen LogP contribution in [0.2, 0.25) is 0 Å². The van der Waals surface area contributed by atoms with E-state index in [2.05, 4.69) is 64.7 Å². The molecule has 9 aromatic rings. The van der Waals surface area contributed by atoms with Crippen molar-refractivity contribution in [3.05, 3.63) is 127 Å². The van der Waals surface area contributed by atoms with Gasteiger partial charge in [0.15, 0.2) is 13.5 Å². The quantitative estimate of drug-likeness (QED) is 0.0538. The van der Waals surface area contributed by atoms with Crippen LogP contribution in [0.4, 0.5) is 0 Å². The van der Waals surface area contributed by atoms with Gasteiger partial charge in [-0.2, -0.15) is 15.3 Å². The van der Waals surface area contributed by atoms with Gasteiger partial charge in [0, 0.05) is 107 Å². The zero-order chi connectivity index (χ0) is 84.0. The van der Waals surface area contributed by atoms with E-state index >= 15 is 0 Å². The van der Waals surface area contributed by atoms with Gasteiger partial charge >= 0.3 is 41.5 Å². The second-order valence-corrected chi connectivity index (χ2v) is 21.0.